The largest absolute Gasteiger partial charge is 0.444 e. The molecule has 1 aliphatic heterocycles. The average molecular weight is 333 g/mol. The third kappa shape index (κ3) is 4.84. The van der Waals surface area contributed by atoms with E-state index in [1.807, 2.05) is 27.7 Å². The van der Waals surface area contributed by atoms with Crippen LogP contribution in [-0.2, 0) is 4.74 Å². The van der Waals surface area contributed by atoms with Crippen LogP contribution >= 0.6 is 0 Å². The maximum Gasteiger partial charge on any atom is 0.408 e. The van der Waals surface area contributed by atoms with Crippen molar-refractivity contribution in [2.24, 2.45) is 5.73 Å². The van der Waals surface area contributed by atoms with E-state index in [4.69, 9.17) is 10.5 Å². The summed E-state index contributed by atoms with van der Waals surface area (Å²) in [5, 5.41) is 3.01. The van der Waals surface area contributed by atoms with Crippen molar-refractivity contribution >= 4 is 18.0 Å². The number of nitrogens with one attached hydrogen (secondary N) is 1. The monoisotopic (exact) mass is 333 g/mol. The van der Waals surface area contributed by atoms with Crippen LogP contribution in [-0.4, -0.2) is 40.3 Å². The number of aromatic nitrogens is 2. The molecular formula is C17H27N5O2. The molecular weight excluding hydrogens is 306 g/mol. The number of piperidine rings is 1. The van der Waals surface area contributed by atoms with E-state index in [0.29, 0.717) is 0 Å². The maximum absolute atomic E-state index is 12.0. The van der Waals surface area contributed by atoms with E-state index in [2.05, 4.69) is 20.2 Å². The van der Waals surface area contributed by atoms with Gasteiger partial charge in [0.1, 0.15) is 11.3 Å². The highest BCUT2D eigenvalue weighted by molar-refractivity contribution is 5.69. The molecule has 0 aromatic carbocycles. The molecule has 0 atom stereocenters. The molecule has 3 N–H and O–H groups in total. The summed E-state index contributed by atoms with van der Waals surface area (Å²) in [4.78, 5) is 22.9. The second-order valence-corrected chi connectivity index (χ2v) is 7.30. The van der Waals surface area contributed by atoms with Crippen LogP contribution in [0.4, 0.5) is 10.6 Å². The van der Waals surface area contributed by atoms with Gasteiger partial charge < -0.3 is 20.7 Å². The Morgan fingerprint density at radius 3 is 2.54 bits per heavy atom. The fourth-order valence-corrected chi connectivity index (χ4v) is 2.68. The van der Waals surface area contributed by atoms with Gasteiger partial charge in [-0.15, -0.1) is 0 Å². The van der Waals surface area contributed by atoms with Crippen LogP contribution in [0, 0.1) is 0 Å². The molecule has 7 heteroatoms. The minimum absolute atomic E-state index is 0.287. The molecule has 2 rings (SSSR count). The highest BCUT2D eigenvalue weighted by Gasteiger charge is 2.33. The van der Waals surface area contributed by atoms with E-state index in [1.165, 1.54) is 6.20 Å². The lowest BCUT2D eigenvalue weighted by Gasteiger charge is -2.40. The first-order chi connectivity index (χ1) is 11.2. The molecule has 7 nitrogen and oxygen atoms in total. The van der Waals surface area contributed by atoms with Crippen molar-refractivity contribution in [3.05, 3.63) is 24.3 Å². The molecule has 1 aromatic rings. The third-order valence-corrected chi connectivity index (χ3v) is 3.93. The van der Waals surface area contributed by atoms with Crippen LogP contribution in [0.2, 0.25) is 0 Å². The van der Waals surface area contributed by atoms with Gasteiger partial charge in [0.15, 0.2) is 5.82 Å². The first-order valence-electron chi connectivity index (χ1n) is 8.18. The standard InChI is InChI=1S/C17H27N5O2/c1-16(2,3)24-15(23)21-17(4)6-11-22(12-7-17)14-13(5-8-18)19-9-10-20-14/h5,8-10H,6-7,11-12,18H2,1-4H3,(H,21,23). The zero-order valence-electron chi connectivity index (χ0n) is 14.9. The first kappa shape index (κ1) is 18.0. The van der Waals surface area contributed by atoms with Crippen molar-refractivity contribution in [1.82, 2.24) is 15.3 Å². The van der Waals surface area contributed by atoms with Gasteiger partial charge >= 0.3 is 6.09 Å². The number of anilines is 1. The number of carbonyl (C=O) groups excluding carboxylic acids is 1. The Hall–Kier alpha value is -2.31. The molecule has 1 fully saturated rings. The van der Waals surface area contributed by atoms with E-state index in [9.17, 15) is 4.79 Å². The zero-order valence-corrected chi connectivity index (χ0v) is 14.9. The number of alkyl carbamates (subject to hydrolysis) is 1. The highest BCUT2D eigenvalue weighted by Crippen LogP contribution is 2.27. The summed E-state index contributed by atoms with van der Waals surface area (Å²) in [5.74, 6) is 0.818. The fourth-order valence-electron chi connectivity index (χ4n) is 2.68. The van der Waals surface area contributed by atoms with Crippen molar-refractivity contribution < 1.29 is 9.53 Å². The SMILES string of the molecule is CC1(NC(=O)OC(C)(C)C)CCN(c2nccnc2C=CN)CC1. The van der Waals surface area contributed by atoms with Crippen molar-refractivity contribution in [2.75, 3.05) is 18.0 Å². The third-order valence-electron chi connectivity index (χ3n) is 3.93. The van der Waals surface area contributed by atoms with Gasteiger partial charge in [0, 0.05) is 31.0 Å². The van der Waals surface area contributed by atoms with E-state index >= 15 is 0 Å². The number of hydrogen-bond acceptors (Lipinski definition) is 6. The normalized spacial score (nSPS) is 17.8. The molecule has 132 valence electrons. The minimum atomic E-state index is -0.496. The molecule has 0 radical (unpaired) electrons. The van der Waals surface area contributed by atoms with Crippen molar-refractivity contribution in [1.29, 1.82) is 0 Å². The van der Waals surface area contributed by atoms with Crippen LogP contribution in [0.5, 0.6) is 0 Å². The summed E-state index contributed by atoms with van der Waals surface area (Å²) in [6.45, 7) is 9.17. The quantitative estimate of drug-likeness (QED) is 0.881. The topological polar surface area (TPSA) is 93.4 Å². The van der Waals surface area contributed by atoms with E-state index in [1.54, 1.807) is 18.5 Å². The second-order valence-electron chi connectivity index (χ2n) is 7.30. The number of rotatable bonds is 3. The van der Waals surface area contributed by atoms with Gasteiger partial charge in [0.25, 0.3) is 0 Å². The lowest BCUT2D eigenvalue weighted by atomic mass is 9.89. The first-order valence-corrected chi connectivity index (χ1v) is 8.18. The molecule has 0 spiro atoms. The summed E-state index contributed by atoms with van der Waals surface area (Å²) in [5.41, 5.74) is 5.45. The predicted molar refractivity (Wildman–Crippen MR) is 94.5 cm³/mol. The molecule has 0 unspecified atom stereocenters. The minimum Gasteiger partial charge on any atom is -0.444 e. The number of amides is 1. The maximum atomic E-state index is 12.0. The summed E-state index contributed by atoms with van der Waals surface area (Å²) >= 11 is 0. The van der Waals surface area contributed by atoms with E-state index in [0.717, 1.165) is 37.4 Å². The number of ether oxygens (including phenoxy) is 1. The van der Waals surface area contributed by atoms with Crippen LogP contribution in [0.15, 0.2) is 18.6 Å². The van der Waals surface area contributed by atoms with Crippen LogP contribution < -0.4 is 16.0 Å². The highest BCUT2D eigenvalue weighted by atomic mass is 16.6. The molecule has 1 aromatic heterocycles. The molecule has 0 bridgehead atoms. The predicted octanol–water partition coefficient (Wildman–Crippen LogP) is 2.29. The van der Waals surface area contributed by atoms with Gasteiger partial charge in [-0.3, -0.25) is 4.98 Å². The number of carbonyl (C=O) groups is 1. The Bertz CT molecular complexity index is 601. The Balaban J connectivity index is 1.99. The van der Waals surface area contributed by atoms with E-state index in [-0.39, 0.29) is 11.6 Å². The van der Waals surface area contributed by atoms with Crippen LogP contribution in [0.25, 0.3) is 6.08 Å². The Morgan fingerprint density at radius 2 is 1.96 bits per heavy atom. The second kappa shape index (κ2) is 7.07. The molecule has 1 saturated heterocycles. The number of nitrogens with two attached hydrogens (primary N) is 1. The van der Waals surface area contributed by atoms with Gasteiger partial charge in [0.2, 0.25) is 0 Å². The fraction of sp³-hybridized carbons (Fsp3) is 0.588. The number of nitrogens with zero attached hydrogens (tertiary/aromatic N) is 3. The molecule has 24 heavy (non-hydrogen) atoms. The summed E-state index contributed by atoms with van der Waals surface area (Å²) < 4.78 is 5.36. The van der Waals surface area contributed by atoms with Gasteiger partial charge in [-0.25, -0.2) is 9.78 Å². The molecule has 0 saturated carbocycles. The lowest BCUT2D eigenvalue weighted by Crippen LogP contribution is -2.54. The van der Waals surface area contributed by atoms with Crippen molar-refractivity contribution in [2.45, 2.75) is 51.7 Å². The Morgan fingerprint density at radius 1 is 1.33 bits per heavy atom. The summed E-state index contributed by atoms with van der Waals surface area (Å²) in [6, 6.07) is 0. The van der Waals surface area contributed by atoms with Crippen molar-refractivity contribution in [3.8, 4) is 0 Å². The van der Waals surface area contributed by atoms with Crippen LogP contribution in [0.3, 0.4) is 0 Å². The number of hydrogen-bond donors (Lipinski definition) is 2. The lowest BCUT2D eigenvalue weighted by molar-refractivity contribution is 0.0448. The van der Waals surface area contributed by atoms with Gasteiger partial charge in [0.05, 0.1) is 0 Å². The van der Waals surface area contributed by atoms with Gasteiger partial charge in [-0.2, -0.15) is 0 Å². The van der Waals surface area contributed by atoms with Gasteiger partial charge in [-0.1, -0.05) is 0 Å². The van der Waals surface area contributed by atoms with E-state index < -0.39 is 5.60 Å². The summed E-state index contributed by atoms with van der Waals surface area (Å²) in [7, 11) is 0. The van der Waals surface area contributed by atoms with Crippen molar-refractivity contribution in [3.63, 3.8) is 0 Å². The van der Waals surface area contributed by atoms with Crippen LogP contribution in [0.1, 0.15) is 46.2 Å². The zero-order chi connectivity index (χ0) is 17.8. The molecule has 0 aliphatic carbocycles. The van der Waals surface area contributed by atoms with Gasteiger partial charge in [-0.05, 0) is 52.8 Å². The Labute approximate surface area is 143 Å². The Kier molecular flexibility index (Phi) is 5.31. The summed E-state index contributed by atoms with van der Waals surface area (Å²) in [6.07, 6.45) is 7.77. The molecule has 1 aliphatic rings. The average Bonchev–Trinajstić information content (AvgIpc) is 2.47. The molecule has 1 amide bonds. The smallest absolute Gasteiger partial charge is 0.408 e. The molecule has 2 heterocycles.